The maximum atomic E-state index is 14.7. The zero-order valence-electron chi connectivity index (χ0n) is 25.7. The van der Waals surface area contributed by atoms with Gasteiger partial charge in [-0.1, -0.05) is 55.3 Å². The first-order valence-electron chi connectivity index (χ1n) is 15.3. The van der Waals surface area contributed by atoms with E-state index < -0.39 is 33.0 Å². The molecule has 0 radical (unpaired) electrons. The van der Waals surface area contributed by atoms with Crippen LogP contribution in [0.15, 0.2) is 48.0 Å². The summed E-state index contributed by atoms with van der Waals surface area (Å²) in [4.78, 5) is 14.0. The summed E-state index contributed by atoms with van der Waals surface area (Å²) in [7, 11) is -3.56. The number of aliphatic hydroxyl groups is 2. The number of ketones is 1. The van der Waals surface area contributed by atoms with Crippen LogP contribution in [0.3, 0.4) is 0 Å². The van der Waals surface area contributed by atoms with Gasteiger partial charge >= 0.3 is 0 Å². The van der Waals surface area contributed by atoms with E-state index in [-0.39, 0.29) is 35.3 Å². The first kappa shape index (κ1) is 33.8. The van der Waals surface area contributed by atoms with E-state index in [2.05, 4.69) is 6.08 Å². The van der Waals surface area contributed by atoms with Crippen LogP contribution in [0, 0.1) is 11.2 Å². The van der Waals surface area contributed by atoms with Gasteiger partial charge in [0.1, 0.15) is 5.82 Å². The number of carbonyl (C=O) groups excluding carboxylic acids is 1. The predicted molar refractivity (Wildman–Crippen MR) is 170 cm³/mol. The normalized spacial score (nSPS) is 26.7. The number of halogens is 2. The number of hydrogen-bond acceptors (Lipinski definition) is 5. The first-order valence-corrected chi connectivity index (χ1v) is 17.5. The van der Waals surface area contributed by atoms with Crippen molar-refractivity contribution in [3.05, 3.63) is 81.1 Å². The van der Waals surface area contributed by atoms with Crippen LogP contribution in [0.2, 0.25) is 5.02 Å². The average molecular weight is 634 g/mol. The molecule has 9 heteroatoms. The smallest absolute Gasteiger partial charge is 0.211 e. The molecule has 0 aromatic heterocycles. The summed E-state index contributed by atoms with van der Waals surface area (Å²) in [6.45, 7) is 6.27. The highest BCUT2D eigenvalue weighted by Crippen LogP contribution is 2.59. The number of Topliss-reactive ketones (excluding diaryl/α,β-unsaturated/α-hetero) is 1. The van der Waals surface area contributed by atoms with Gasteiger partial charge in [-0.25, -0.2) is 12.8 Å². The number of benzene rings is 2. The second kappa shape index (κ2) is 13.5. The Hall–Kier alpha value is -2.10. The number of allylic oxidation sites excluding steroid dienone is 2. The molecule has 3 aliphatic rings. The van der Waals surface area contributed by atoms with E-state index in [4.69, 9.17) is 11.6 Å². The molecule has 0 spiro atoms. The fraction of sp³-hybridized carbons (Fsp3) is 0.559. The van der Waals surface area contributed by atoms with Gasteiger partial charge in [0.25, 0.3) is 0 Å². The topological polar surface area (TPSA) is 94.9 Å². The lowest BCUT2D eigenvalue weighted by molar-refractivity contribution is -0.0723. The monoisotopic (exact) mass is 633 g/mol. The van der Waals surface area contributed by atoms with Gasteiger partial charge in [0.2, 0.25) is 10.0 Å². The predicted octanol–water partition coefficient (Wildman–Crippen LogP) is 6.61. The Morgan fingerprint density at radius 1 is 1.19 bits per heavy atom. The summed E-state index contributed by atoms with van der Waals surface area (Å²) in [5.74, 6) is -1.09. The highest BCUT2D eigenvalue weighted by molar-refractivity contribution is 7.88. The second-order valence-electron chi connectivity index (χ2n) is 12.8. The van der Waals surface area contributed by atoms with Crippen molar-refractivity contribution in [2.24, 2.45) is 5.41 Å². The molecule has 2 aromatic carbocycles. The number of fused-ring (bicyclic) bond motifs is 8. The Balaban J connectivity index is 1.84. The summed E-state index contributed by atoms with van der Waals surface area (Å²) in [5, 5.41) is 23.4. The zero-order valence-corrected chi connectivity index (χ0v) is 27.3. The van der Waals surface area contributed by atoms with Crippen LogP contribution in [0.25, 0.3) is 0 Å². The summed E-state index contributed by atoms with van der Waals surface area (Å²) in [5.41, 5.74) is 1.19. The van der Waals surface area contributed by atoms with E-state index >= 15 is 0 Å². The Bertz CT molecular complexity index is 1460. The Morgan fingerprint density at radius 3 is 2.60 bits per heavy atom. The van der Waals surface area contributed by atoms with E-state index in [0.717, 1.165) is 23.1 Å². The molecule has 6 nitrogen and oxygen atoms in total. The van der Waals surface area contributed by atoms with Crippen molar-refractivity contribution >= 4 is 27.4 Å². The van der Waals surface area contributed by atoms with Gasteiger partial charge in [-0.2, -0.15) is 4.31 Å². The molecule has 1 saturated carbocycles. The molecule has 2 N–H and O–H groups in total. The van der Waals surface area contributed by atoms with Gasteiger partial charge in [-0.3, -0.25) is 4.79 Å². The van der Waals surface area contributed by atoms with E-state index in [1.165, 1.54) is 22.7 Å². The minimum Gasteiger partial charge on any atom is -0.393 e. The summed E-state index contributed by atoms with van der Waals surface area (Å²) < 4.78 is 41.6. The molecular formula is C34H45ClFNO5S. The number of carbonyl (C=O) groups is 1. The molecule has 0 saturated heterocycles. The Kier molecular flexibility index (Phi) is 10.6. The van der Waals surface area contributed by atoms with Gasteiger partial charge in [0.15, 0.2) is 5.78 Å². The maximum absolute atomic E-state index is 14.7. The third kappa shape index (κ3) is 7.42. The van der Waals surface area contributed by atoms with Crippen LogP contribution in [0.1, 0.15) is 98.7 Å². The summed E-state index contributed by atoms with van der Waals surface area (Å²) >= 11 is 6.30. The van der Waals surface area contributed by atoms with Gasteiger partial charge in [0, 0.05) is 41.1 Å². The van der Waals surface area contributed by atoms with Crippen LogP contribution in [0.4, 0.5) is 4.39 Å². The first-order chi connectivity index (χ1) is 20.2. The molecule has 236 valence electrons. The lowest BCUT2D eigenvalue weighted by Gasteiger charge is -2.45. The molecule has 0 aliphatic heterocycles. The van der Waals surface area contributed by atoms with Crippen LogP contribution in [-0.2, 0) is 22.9 Å². The van der Waals surface area contributed by atoms with Crippen molar-refractivity contribution in [3.8, 4) is 0 Å². The average Bonchev–Trinajstić information content (AvgIpc) is 3.18. The molecule has 1 fully saturated rings. The van der Waals surface area contributed by atoms with Gasteiger partial charge < -0.3 is 10.2 Å². The molecule has 0 amide bonds. The Morgan fingerprint density at radius 2 is 1.93 bits per heavy atom. The van der Waals surface area contributed by atoms with Gasteiger partial charge in [-0.15, -0.1) is 0 Å². The van der Waals surface area contributed by atoms with Crippen molar-refractivity contribution < 1.29 is 27.8 Å². The zero-order chi connectivity index (χ0) is 31.6. The fourth-order valence-corrected chi connectivity index (χ4v) is 8.29. The number of hydrogen-bond donors (Lipinski definition) is 2. The highest BCUT2D eigenvalue weighted by Gasteiger charge is 2.57. The fourth-order valence-electron chi connectivity index (χ4n) is 7.10. The molecule has 43 heavy (non-hydrogen) atoms. The maximum Gasteiger partial charge on any atom is 0.211 e. The minimum absolute atomic E-state index is 0.0201. The van der Waals surface area contributed by atoms with Crippen LogP contribution in [-0.4, -0.2) is 59.8 Å². The largest absolute Gasteiger partial charge is 0.393 e. The van der Waals surface area contributed by atoms with E-state index in [9.17, 15) is 27.8 Å². The number of rotatable bonds is 8. The van der Waals surface area contributed by atoms with Crippen molar-refractivity contribution in [1.29, 1.82) is 0 Å². The minimum atomic E-state index is -3.56. The van der Waals surface area contributed by atoms with E-state index in [1.807, 2.05) is 39.0 Å². The van der Waals surface area contributed by atoms with Gasteiger partial charge in [0.05, 0.1) is 18.0 Å². The van der Waals surface area contributed by atoms with Crippen LogP contribution in [0.5, 0.6) is 0 Å². The summed E-state index contributed by atoms with van der Waals surface area (Å²) in [6.07, 6.45) is 6.98. The van der Waals surface area contributed by atoms with Crippen molar-refractivity contribution in [2.75, 3.05) is 19.3 Å². The number of sulfonamides is 1. The SMILES string of the molecule is CCCN(CC1(O)CCC2c3ccc(cc3C(=O)Cc3c(F)cccc3Cl)CC(O)CCC(C)=CCCC21C)S(C)(=O)=O. The van der Waals surface area contributed by atoms with Crippen LogP contribution >= 0.6 is 11.6 Å². The molecule has 4 unspecified atom stereocenters. The van der Waals surface area contributed by atoms with Crippen LogP contribution < -0.4 is 0 Å². The highest BCUT2D eigenvalue weighted by atomic mass is 35.5. The number of nitrogens with zero attached hydrogens (tertiary/aromatic N) is 1. The van der Waals surface area contributed by atoms with E-state index in [0.29, 0.717) is 57.1 Å². The molecule has 2 aromatic rings. The molecule has 3 aliphatic carbocycles. The molecule has 2 bridgehead atoms. The van der Waals surface area contributed by atoms with Crippen molar-refractivity contribution in [1.82, 2.24) is 4.31 Å². The standard InChI is InChI=1S/C34H45ClFNO5S/c1-5-18-37(43(4,41)42)22-34(40)17-15-29-26-14-12-24(19-25(38)13-11-23(2)8-7-16-33(29,34)3)20-27(26)32(39)21-28-30(35)9-6-10-31(28)36/h6,8-10,12,14,20,25,29,38,40H,5,7,11,13,15-19,21-22H2,1-4H3. The molecule has 4 atom stereocenters. The summed E-state index contributed by atoms with van der Waals surface area (Å²) in [6, 6.07) is 10.0. The lowest BCUT2D eigenvalue weighted by Crippen LogP contribution is -2.53. The number of aliphatic hydroxyl groups excluding tert-OH is 1. The third-order valence-corrected chi connectivity index (χ3v) is 11.4. The van der Waals surface area contributed by atoms with Crippen molar-refractivity contribution in [3.63, 3.8) is 0 Å². The third-order valence-electron chi connectivity index (χ3n) is 9.75. The second-order valence-corrected chi connectivity index (χ2v) is 15.2. The quantitative estimate of drug-likeness (QED) is 0.252. The molecule has 5 rings (SSSR count). The molecular weight excluding hydrogens is 589 g/mol. The Labute approximate surface area is 261 Å². The van der Waals surface area contributed by atoms with Gasteiger partial charge in [-0.05, 0) is 93.5 Å². The molecule has 0 heterocycles. The van der Waals surface area contributed by atoms with E-state index in [1.54, 1.807) is 6.07 Å². The lowest BCUT2D eigenvalue weighted by atomic mass is 9.64. The van der Waals surface area contributed by atoms with Crippen molar-refractivity contribution in [2.45, 2.75) is 96.2 Å².